The Bertz CT molecular complexity index is 434. The van der Waals surface area contributed by atoms with E-state index in [9.17, 15) is 5.11 Å². The van der Waals surface area contributed by atoms with Crippen molar-refractivity contribution in [3.05, 3.63) is 47.8 Å². The van der Waals surface area contributed by atoms with Gasteiger partial charge in [-0.2, -0.15) is 5.10 Å². The maximum absolute atomic E-state index is 9.29. The van der Waals surface area contributed by atoms with Crippen LogP contribution in [0.25, 0.3) is 0 Å². The molecule has 0 bridgehead atoms. The van der Waals surface area contributed by atoms with Crippen molar-refractivity contribution in [2.45, 2.75) is 6.42 Å². The second kappa shape index (κ2) is 3.54. The lowest BCUT2D eigenvalue weighted by Crippen LogP contribution is -1.98. The lowest BCUT2D eigenvalue weighted by atomic mass is 10.1. The third-order valence-corrected chi connectivity index (χ3v) is 2.22. The molecule has 14 heavy (non-hydrogen) atoms. The molecule has 72 valence electrons. The average Bonchev–Trinajstić information content (AvgIpc) is 2.52. The van der Waals surface area contributed by atoms with Crippen LogP contribution in [-0.4, -0.2) is 14.9 Å². The van der Waals surface area contributed by atoms with Gasteiger partial charge in [0.05, 0.1) is 0 Å². The highest BCUT2D eigenvalue weighted by Gasteiger charge is 2.00. The molecular formula is C11H12N2O. The van der Waals surface area contributed by atoms with E-state index >= 15 is 0 Å². The van der Waals surface area contributed by atoms with E-state index in [2.05, 4.69) is 5.10 Å². The Morgan fingerprint density at radius 1 is 1.36 bits per heavy atom. The first-order chi connectivity index (χ1) is 6.75. The molecule has 0 fully saturated rings. The summed E-state index contributed by atoms with van der Waals surface area (Å²) < 4.78 is 1.84. The Morgan fingerprint density at radius 2 is 2.21 bits per heavy atom. The molecule has 0 unspecified atom stereocenters. The van der Waals surface area contributed by atoms with Crippen LogP contribution in [0.2, 0.25) is 0 Å². The molecule has 0 radical (unpaired) electrons. The number of benzene rings is 1. The van der Waals surface area contributed by atoms with Crippen LogP contribution in [0.4, 0.5) is 0 Å². The van der Waals surface area contributed by atoms with Crippen LogP contribution in [0.15, 0.2) is 36.5 Å². The van der Waals surface area contributed by atoms with Gasteiger partial charge in [-0.15, -0.1) is 0 Å². The molecule has 3 nitrogen and oxygen atoms in total. The molecule has 0 atom stereocenters. The maximum atomic E-state index is 9.29. The van der Waals surface area contributed by atoms with Crippen molar-refractivity contribution < 1.29 is 5.11 Å². The van der Waals surface area contributed by atoms with Crippen LogP contribution >= 0.6 is 0 Å². The van der Waals surface area contributed by atoms with E-state index in [0.717, 1.165) is 17.7 Å². The number of hydrogen-bond acceptors (Lipinski definition) is 2. The van der Waals surface area contributed by atoms with Crippen molar-refractivity contribution in [1.29, 1.82) is 0 Å². The zero-order chi connectivity index (χ0) is 9.97. The summed E-state index contributed by atoms with van der Waals surface area (Å²) >= 11 is 0. The molecule has 0 aliphatic carbocycles. The minimum Gasteiger partial charge on any atom is -0.508 e. The molecule has 2 rings (SSSR count). The largest absolute Gasteiger partial charge is 0.508 e. The van der Waals surface area contributed by atoms with Gasteiger partial charge in [0, 0.05) is 25.4 Å². The predicted molar refractivity (Wildman–Crippen MR) is 54.1 cm³/mol. The molecule has 1 N–H and O–H groups in total. The van der Waals surface area contributed by atoms with Crippen LogP contribution in [0, 0.1) is 0 Å². The number of rotatable bonds is 2. The fourth-order valence-corrected chi connectivity index (χ4v) is 1.45. The number of nitrogens with zero attached hydrogens (tertiary/aromatic N) is 2. The van der Waals surface area contributed by atoms with Gasteiger partial charge >= 0.3 is 0 Å². The van der Waals surface area contributed by atoms with E-state index in [1.165, 1.54) is 0 Å². The Kier molecular flexibility index (Phi) is 2.23. The number of aryl methyl sites for hydroxylation is 1. The molecule has 0 aliphatic heterocycles. The zero-order valence-electron chi connectivity index (χ0n) is 8.01. The van der Waals surface area contributed by atoms with Crippen LogP contribution in [0.1, 0.15) is 11.3 Å². The molecule has 1 aromatic heterocycles. The van der Waals surface area contributed by atoms with E-state index in [1.807, 2.05) is 29.9 Å². The number of aromatic nitrogens is 2. The number of hydrogen-bond donors (Lipinski definition) is 1. The van der Waals surface area contributed by atoms with Crippen molar-refractivity contribution >= 4 is 0 Å². The van der Waals surface area contributed by atoms with Crippen molar-refractivity contribution in [1.82, 2.24) is 9.78 Å². The highest BCUT2D eigenvalue weighted by atomic mass is 16.3. The minimum absolute atomic E-state index is 0.310. The van der Waals surface area contributed by atoms with E-state index in [0.29, 0.717) is 5.75 Å². The van der Waals surface area contributed by atoms with Gasteiger partial charge in [-0.25, -0.2) is 0 Å². The first kappa shape index (κ1) is 8.81. The molecule has 2 aromatic rings. The molecule has 0 aliphatic rings. The summed E-state index contributed by atoms with van der Waals surface area (Å²) in [5.41, 5.74) is 2.23. The summed E-state index contributed by atoms with van der Waals surface area (Å²) in [4.78, 5) is 0. The summed E-state index contributed by atoms with van der Waals surface area (Å²) in [7, 11) is 1.91. The number of phenolic OH excluding ortho intramolecular Hbond substituents is 1. The molecule has 0 saturated carbocycles. The van der Waals surface area contributed by atoms with Crippen molar-refractivity contribution in [3.63, 3.8) is 0 Å². The predicted octanol–water partition coefficient (Wildman–Crippen LogP) is 1.72. The van der Waals surface area contributed by atoms with Crippen molar-refractivity contribution in [3.8, 4) is 5.75 Å². The van der Waals surface area contributed by atoms with Gasteiger partial charge in [0.2, 0.25) is 0 Å². The Hall–Kier alpha value is -1.77. The highest BCUT2D eigenvalue weighted by molar-refractivity contribution is 5.29. The highest BCUT2D eigenvalue weighted by Crippen LogP contribution is 2.14. The number of aromatic hydroxyl groups is 1. The lowest BCUT2D eigenvalue weighted by Gasteiger charge is -2.02. The first-order valence-corrected chi connectivity index (χ1v) is 4.50. The number of phenols is 1. The van der Waals surface area contributed by atoms with Gasteiger partial charge in [-0.3, -0.25) is 4.68 Å². The minimum atomic E-state index is 0.310. The van der Waals surface area contributed by atoms with Gasteiger partial charge in [-0.1, -0.05) is 12.1 Å². The Balaban J connectivity index is 2.23. The third-order valence-electron chi connectivity index (χ3n) is 2.22. The smallest absolute Gasteiger partial charge is 0.115 e. The summed E-state index contributed by atoms with van der Waals surface area (Å²) in [5, 5.41) is 13.4. The second-order valence-corrected chi connectivity index (χ2v) is 3.29. The quantitative estimate of drug-likeness (QED) is 0.779. The van der Waals surface area contributed by atoms with Crippen LogP contribution in [0.5, 0.6) is 5.75 Å². The Morgan fingerprint density at radius 3 is 2.86 bits per heavy atom. The van der Waals surface area contributed by atoms with Gasteiger partial charge < -0.3 is 5.11 Å². The molecule has 0 saturated heterocycles. The summed E-state index contributed by atoms with van der Waals surface area (Å²) in [5.74, 6) is 0.310. The van der Waals surface area contributed by atoms with Crippen molar-refractivity contribution in [2.24, 2.45) is 7.05 Å². The van der Waals surface area contributed by atoms with Gasteiger partial charge in [-0.05, 0) is 23.8 Å². The lowest BCUT2D eigenvalue weighted by molar-refractivity contribution is 0.474. The van der Waals surface area contributed by atoms with Gasteiger partial charge in [0.25, 0.3) is 0 Å². The summed E-state index contributed by atoms with van der Waals surface area (Å²) in [6, 6.07) is 9.26. The molecule has 0 spiro atoms. The average molecular weight is 188 g/mol. The molecule has 1 heterocycles. The fourth-order valence-electron chi connectivity index (χ4n) is 1.45. The third kappa shape index (κ3) is 1.76. The maximum Gasteiger partial charge on any atom is 0.115 e. The molecular weight excluding hydrogens is 176 g/mol. The van der Waals surface area contributed by atoms with Crippen LogP contribution in [0.3, 0.4) is 0 Å². The van der Waals surface area contributed by atoms with Gasteiger partial charge in [0.1, 0.15) is 5.75 Å². The molecule has 0 amide bonds. The normalized spacial score (nSPS) is 10.4. The SMILES string of the molecule is Cn1nccc1Cc1cccc(O)c1. The fraction of sp³-hybridized carbons (Fsp3) is 0.182. The molecule has 3 heteroatoms. The summed E-state index contributed by atoms with van der Waals surface area (Å²) in [6.45, 7) is 0. The van der Waals surface area contributed by atoms with Crippen molar-refractivity contribution in [2.75, 3.05) is 0 Å². The standard InChI is InChI=1S/C11H12N2O/c1-13-10(5-6-12-13)7-9-3-2-4-11(14)8-9/h2-6,8,14H,7H2,1H3. The van der Waals surface area contributed by atoms with Crippen LogP contribution < -0.4 is 0 Å². The first-order valence-electron chi connectivity index (χ1n) is 4.50. The van der Waals surface area contributed by atoms with E-state index < -0.39 is 0 Å². The molecule has 1 aromatic carbocycles. The monoisotopic (exact) mass is 188 g/mol. The zero-order valence-corrected chi connectivity index (χ0v) is 8.01. The van der Waals surface area contributed by atoms with Crippen LogP contribution in [-0.2, 0) is 13.5 Å². The van der Waals surface area contributed by atoms with E-state index in [1.54, 1.807) is 18.3 Å². The second-order valence-electron chi connectivity index (χ2n) is 3.29. The van der Waals surface area contributed by atoms with Gasteiger partial charge in [0.15, 0.2) is 0 Å². The summed E-state index contributed by atoms with van der Waals surface area (Å²) in [6.07, 6.45) is 2.57. The van der Waals surface area contributed by atoms with E-state index in [4.69, 9.17) is 0 Å². The van der Waals surface area contributed by atoms with E-state index in [-0.39, 0.29) is 0 Å². The topological polar surface area (TPSA) is 38.0 Å². The Labute approximate surface area is 82.6 Å².